The number of carbonyl (C=O) groups excluding carboxylic acids is 1. The largest absolute Gasteiger partial charge is 0.481 e. The lowest BCUT2D eigenvalue weighted by Gasteiger charge is -2.32. The maximum atomic E-state index is 12.5. The molecule has 5 nitrogen and oxygen atoms in total. The van der Waals surface area contributed by atoms with E-state index < -0.39 is 23.7 Å². The number of nitrogens with one attached hydrogen (secondary N) is 1. The standard InChI is InChI=1S/C15H17F3N2O3/c16-15(17,18)11-3-5-12(6-4-11)19-14(23)20-7-1-2-10(9-20)8-13(21)22/h3-6,10H,1-2,7-9H2,(H,19,23)(H,21,22). The molecule has 1 aliphatic rings. The van der Waals surface area contributed by atoms with E-state index in [1.165, 1.54) is 17.0 Å². The van der Waals surface area contributed by atoms with Gasteiger partial charge in [0.25, 0.3) is 0 Å². The molecule has 0 aromatic heterocycles. The summed E-state index contributed by atoms with van der Waals surface area (Å²) in [4.78, 5) is 24.4. The van der Waals surface area contributed by atoms with Crippen LogP contribution in [-0.2, 0) is 11.0 Å². The molecule has 1 aromatic rings. The van der Waals surface area contributed by atoms with Crippen molar-refractivity contribution in [3.8, 4) is 0 Å². The van der Waals surface area contributed by atoms with Gasteiger partial charge in [-0.15, -0.1) is 0 Å². The molecule has 1 fully saturated rings. The number of piperidine rings is 1. The number of nitrogens with zero attached hydrogens (tertiary/aromatic N) is 1. The maximum absolute atomic E-state index is 12.5. The van der Waals surface area contributed by atoms with Gasteiger partial charge in [-0.2, -0.15) is 13.2 Å². The molecule has 0 radical (unpaired) electrons. The Bertz CT molecular complexity index is 572. The Kier molecular flexibility index (Phi) is 5.12. The molecule has 2 rings (SSSR count). The van der Waals surface area contributed by atoms with Gasteiger partial charge in [0.2, 0.25) is 0 Å². The van der Waals surface area contributed by atoms with Crippen molar-refractivity contribution in [1.29, 1.82) is 0 Å². The van der Waals surface area contributed by atoms with Crippen LogP contribution in [0.3, 0.4) is 0 Å². The van der Waals surface area contributed by atoms with Gasteiger partial charge >= 0.3 is 18.2 Å². The first-order valence-electron chi connectivity index (χ1n) is 7.20. The van der Waals surface area contributed by atoms with E-state index in [0.717, 1.165) is 18.6 Å². The van der Waals surface area contributed by atoms with Crippen molar-refractivity contribution in [3.63, 3.8) is 0 Å². The fraction of sp³-hybridized carbons (Fsp3) is 0.467. The van der Waals surface area contributed by atoms with Crippen molar-refractivity contribution < 1.29 is 27.9 Å². The van der Waals surface area contributed by atoms with Gasteiger partial charge in [-0.25, -0.2) is 4.79 Å². The highest BCUT2D eigenvalue weighted by molar-refractivity contribution is 5.89. The first-order chi connectivity index (χ1) is 10.8. The molecular formula is C15H17F3N2O3. The van der Waals surface area contributed by atoms with Crippen LogP contribution in [-0.4, -0.2) is 35.1 Å². The zero-order valence-electron chi connectivity index (χ0n) is 12.3. The third-order valence-electron chi connectivity index (χ3n) is 3.73. The Morgan fingerprint density at radius 3 is 2.48 bits per heavy atom. The predicted octanol–water partition coefficient (Wildman–Crippen LogP) is 3.42. The topological polar surface area (TPSA) is 69.6 Å². The highest BCUT2D eigenvalue weighted by Gasteiger charge is 2.30. The van der Waals surface area contributed by atoms with E-state index in [4.69, 9.17) is 5.11 Å². The van der Waals surface area contributed by atoms with E-state index in [-0.39, 0.29) is 18.0 Å². The van der Waals surface area contributed by atoms with Gasteiger partial charge < -0.3 is 15.3 Å². The van der Waals surface area contributed by atoms with Crippen molar-refractivity contribution in [2.45, 2.75) is 25.4 Å². The van der Waals surface area contributed by atoms with Gasteiger partial charge in [-0.1, -0.05) is 0 Å². The third-order valence-corrected chi connectivity index (χ3v) is 3.73. The quantitative estimate of drug-likeness (QED) is 0.892. The summed E-state index contributed by atoms with van der Waals surface area (Å²) >= 11 is 0. The van der Waals surface area contributed by atoms with E-state index in [1.807, 2.05) is 0 Å². The van der Waals surface area contributed by atoms with Crippen molar-refractivity contribution in [2.75, 3.05) is 18.4 Å². The van der Waals surface area contributed by atoms with Crippen molar-refractivity contribution in [1.82, 2.24) is 4.90 Å². The number of rotatable bonds is 3. The van der Waals surface area contributed by atoms with Gasteiger partial charge in [-0.3, -0.25) is 4.79 Å². The average molecular weight is 330 g/mol. The fourth-order valence-corrected chi connectivity index (χ4v) is 2.61. The van der Waals surface area contributed by atoms with Gasteiger partial charge in [0.1, 0.15) is 0 Å². The SMILES string of the molecule is O=C(O)CC1CCCN(C(=O)Nc2ccc(C(F)(F)F)cc2)C1. The lowest BCUT2D eigenvalue weighted by atomic mass is 9.95. The molecule has 23 heavy (non-hydrogen) atoms. The minimum absolute atomic E-state index is 0.00403. The van der Waals surface area contributed by atoms with Crippen LogP contribution in [0.1, 0.15) is 24.8 Å². The van der Waals surface area contributed by atoms with Crippen molar-refractivity contribution >= 4 is 17.7 Å². The van der Waals surface area contributed by atoms with Crippen LogP contribution < -0.4 is 5.32 Å². The molecule has 1 heterocycles. The third kappa shape index (κ3) is 4.87. The van der Waals surface area contributed by atoms with E-state index in [2.05, 4.69) is 5.32 Å². The summed E-state index contributed by atoms with van der Waals surface area (Å²) in [7, 11) is 0. The zero-order valence-corrected chi connectivity index (χ0v) is 12.3. The van der Waals surface area contributed by atoms with E-state index in [9.17, 15) is 22.8 Å². The van der Waals surface area contributed by atoms with E-state index in [0.29, 0.717) is 19.5 Å². The number of amides is 2. The number of carboxylic acid groups (broad SMARTS) is 1. The fourth-order valence-electron chi connectivity index (χ4n) is 2.61. The molecular weight excluding hydrogens is 313 g/mol. The van der Waals surface area contributed by atoms with Gasteiger partial charge in [0.05, 0.1) is 5.56 Å². The van der Waals surface area contributed by atoms with Crippen LogP contribution in [0.4, 0.5) is 23.7 Å². The Labute approximate surface area is 131 Å². The number of urea groups is 1. The van der Waals surface area contributed by atoms with Crippen LogP contribution in [0.25, 0.3) is 0 Å². The van der Waals surface area contributed by atoms with Crippen LogP contribution in [0.2, 0.25) is 0 Å². The molecule has 126 valence electrons. The monoisotopic (exact) mass is 330 g/mol. The molecule has 0 saturated carbocycles. The Balaban J connectivity index is 1.94. The van der Waals surface area contributed by atoms with E-state index in [1.54, 1.807) is 0 Å². The molecule has 8 heteroatoms. The molecule has 1 aromatic carbocycles. The first-order valence-corrected chi connectivity index (χ1v) is 7.20. The summed E-state index contributed by atoms with van der Waals surface area (Å²) in [5.41, 5.74) is -0.515. The van der Waals surface area contributed by atoms with Crippen LogP contribution >= 0.6 is 0 Å². The predicted molar refractivity (Wildman–Crippen MR) is 77.0 cm³/mol. The summed E-state index contributed by atoms with van der Waals surface area (Å²) in [6, 6.07) is 3.76. The normalized spacial score (nSPS) is 18.6. The minimum Gasteiger partial charge on any atom is -0.481 e. The average Bonchev–Trinajstić information content (AvgIpc) is 2.46. The molecule has 1 aliphatic heterocycles. The minimum atomic E-state index is -4.42. The molecule has 1 atom stereocenters. The Morgan fingerprint density at radius 2 is 1.91 bits per heavy atom. The molecule has 0 bridgehead atoms. The van der Waals surface area contributed by atoms with Crippen molar-refractivity contribution in [2.24, 2.45) is 5.92 Å². The second-order valence-electron chi connectivity index (χ2n) is 5.56. The Morgan fingerprint density at radius 1 is 1.26 bits per heavy atom. The second kappa shape index (κ2) is 6.89. The summed E-state index contributed by atoms with van der Waals surface area (Å²) in [5, 5.41) is 11.3. The lowest BCUT2D eigenvalue weighted by Crippen LogP contribution is -2.42. The number of hydrogen-bond donors (Lipinski definition) is 2. The first kappa shape index (κ1) is 17.1. The number of hydrogen-bond acceptors (Lipinski definition) is 2. The van der Waals surface area contributed by atoms with Crippen LogP contribution in [0.15, 0.2) is 24.3 Å². The van der Waals surface area contributed by atoms with Crippen LogP contribution in [0, 0.1) is 5.92 Å². The summed E-state index contributed by atoms with van der Waals surface area (Å²) < 4.78 is 37.4. The maximum Gasteiger partial charge on any atom is 0.416 e. The van der Waals surface area contributed by atoms with Crippen molar-refractivity contribution in [3.05, 3.63) is 29.8 Å². The van der Waals surface area contributed by atoms with Gasteiger partial charge in [-0.05, 0) is 43.0 Å². The second-order valence-corrected chi connectivity index (χ2v) is 5.56. The number of carbonyl (C=O) groups is 2. The molecule has 2 amide bonds. The number of aliphatic carboxylic acids is 1. The number of halogens is 3. The molecule has 0 spiro atoms. The van der Waals surface area contributed by atoms with E-state index >= 15 is 0 Å². The van der Waals surface area contributed by atoms with Crippen LogP contribution in [0.5, 0.6) is 0 Å². The van der Waals surface area contributed by atoms with Gasteiger partial charge in [0.15, 0.2) is 0 Å². The number of carboxylic acids is 1. The smallest absolute Gasteiger partial charge is 0.416 e. The lowest BCUT2D eigenvalue weighted by molar-refractivity contribution is -0.139. The number of benzene rings is 1. The summed E-state index contributed by atoms with van der Waals surface area (Å²) in [5.74, 6) is -1.00. The number of alkyl halides is 3. The highest BCUT2D eigenvalue weighted by Crippen LogP contribution is 2.30. The molecule has 1 unspecified atom stereocenters. The zero-order chi connectivity index (χ0) is 17.0. The summed E-state index contributed by atoms with van der Waals surface area (Å²) in [6.07, 6.45) is -2.96. The molecule has 0 aliphatic carbocycles. The molecule has 1 saturated heterocycles. The number of likely N-dealkylation sites (tertiary alicyclic amines) is 1. The highest BCUT2D eigenvalue weighted by atomic mass is 19.4. The number of anilines is 1. The molecule has 2 N–H and O–H groups in total. The Hall–Kier alpha value is -2.25. The van der Waals surface area contributed by atoms with Gasteiger partial charge in [0, 0.05) is 25.2 Å². The summed E-state index contributed by atoms with van der Waals surface area (Å²) in [6.45, 7) is 0.835.